The van der Waals surface area contributed by atoms with Crippen molar-refractivity contribution >= 4 is 29.5 Å². The van der Waals surface area contributed by atoms with Crippen LogP contribution >= 0.6 is 0 Å². The molecule has 0 atom stereocenters. The second-order valence-electron chi connectivity index (χ2n) is 9.62. The number of para-hydroxylation sites is 1. The predicted octanol–water partition coefficient (Wildman–Crippen LogP) is 5.37. The SMILES string of the molecule is CC(C)c1cccc(C(C)C)c1NC(=O)COC(=O)C1CCN(C(=O)/C=C/c2ccccc2)CC1. The number of piperidine rings is 1. The number of hydrogen-bond donors (Lipinski definition) is 1. The van der Waals surface area contributed by atoms with E-state index in [0.29, 0.717) is 25.9 Å². The standard InChI is InChI=1S/C29H36N2O4/c1-20(2)24-11-8-12-25(21(3)4)28(24)30-26(32)19-35-29(34)23-15-17-31(18-16-23)27(33)14-13-22-9-6-5-7-10-22/h5-14,20-21,23H,15-19H2,1-4H3,(H,30,32)/b14-13+. The third-order valence-corrected chi connectivity index (χ3v) is 6.34. The molecule has 0 radical (unpaired) electrons. The summed E-state index contributed by atoms with van der Waals surface area (Å²) in [5, 5.41) is 2.97. The number of carbonyl (C=O) groups is 3. The van der Waals surface area contributed by atoms with E-state index >= 15 is 0 Å². The predicted molar refractivity (Wildman–Crippen MR) is 139 cm³/mol. The number of anilines is 1. The van der Waals surface area contributed by atoms with Gasteiger partial charge in [-0.15, -0.1) is 0 Å². The number of nitrogens with zero attached hydrogens (tertiary/aromatic N) is 1. The van der Waals surface area contributed by atoms with Gasteiger partial charge in [0.2, 0.25) is 5.91 Å². The van der Waals surface area contributed by atoms with E-state index in [4.69, 9.17) is 4.74 Å². The van der Waals surface area contributed by atoms with Crippen LogP contribution in [-0.4, -0.2) is 42.4 Å². The Morgan fingerprint density at radius 3 is 2.11 bits per heavy atom. The summed E-state index contributed by atoms with van der Waals surface area (Å²) in [6, 6.07) is 15.7. The van der Waals surface area contributed by atoms with Crippen molar-refractivity contribution in [3.63, 3.8) is 0 Å². The summed E-state index contributed by atoms with van der Waals surface area (Å²) < 4.78 is 5.35. The van der Waals surface area contributed by atoms with Crippen molar-refractivity contribution in [1.82, 2.24) is 4.90 Å². The number of benzene rings is 2. The van der Waals surface area contributed by atoms with Crippen LogP contribution in [0.4, 0.5) is 5.69 Å². The lowest BCUT2D eigenvalue weighted by Crippen LogP contribution is -2.40. The molecule has 6 nitrogen and oxygen atoms in total. The maximum Gasteiger partial charge on any atom is 0.309 e. The van der Waals surface area contributed by atoms with E-state index in [-0.39, 0.29) is 42.1 Å². The van der Waals surface area contributed by atoms with Crippen LogP contribution < -0.4 is 5.32 Å². The quantitative estimate of drug-likeness (QED) is 0.411. The molecular formula is C29H36N2O4. The number of rotatable bonds is 8. The molecule has 1 saturated heterocycles. The average molecular weight is 477 g/mol. The fourth-order valence-electron chi connectivity index (χ4n) is 4.30. The van der Waals surface area contributed by atoms with Crippen LogP contribution in [0, 0.1) is 5.92 Å². The van der Waals surface area contributed by atoms with Crippen LogP contribution in [-0.2, 0) is 19.1 Å². The summed E-state index contributed by atoms with van der Waals surface area (Å²) in [7, 11) is 0. The molecule has 1 aliphatic rings. The first-order valence-electron chi connectivity index (χ1n) is 12.4. The highest BCUT2D eigenvalue weighted by Crippen LogP contribution is 2.32. The first-order chi connectivity index (χ1) is 16.8. The van der Waals surface area contributed by atoms with Crippen molar-refractivity contribution in [3.8, 4) is 0 Å². The molecule has 2 amide bonds. The number of esters is 1. The van der Waals surface area contributed by atoms with Crippen molar-refractivity contribution in [1.29, 1.82) is 0 Å². The van der Waals surface area contributed by atoms with Gasteiger partial charge in [0.05, 0.1) is 5.92 Å². The maximum absolute atomic E-state index is 12.6. The van der Waals surface area contributed by atoms with Gasteiger partial charge in [-0.3, -0.25) is 14.4 Å². The summed E-state index contributed by atoms with van der Waals surface area (Å²) in [5.41, 5.74) is 3.91. The molecule has 0 bridgehead atoms. The van der Waals surface area contributed by atoms with Gasteiger partial charge < -0.3 is 15.0 Å². The molecule has 0 unspecified atom stereocenters. The maximum atomic E-state index is 12.6. The van der Waals surface area contributed by atoms with Crippen LogP contribution in [0.25, 0.3) is 6.08 Å². The number of carbonyl (C=O) groups excluding carboxylic acids is 3. The summed E-state index contributed by atoms with van der Waals surface area (Å²) in [4.78, 5) is 39.4. The highest BCUT2D eigenvalue weighted by atomic mass is 16.5. The topological polar surface area (TPSA) is 75.7 Å². The summed E-state index contributed by atoms with van der Waals surface area (Å²) in [6.07, 6.45) is 4.42. The van der Waals surface area contributed by atoms with E-state index in [2.05, 4.69) is 33.0 Å². The zero-order valence-corrected chi connectivity index (χ0v) is 21.1. The van der Waals surface area contributed by atoms with Gasteiger partial charge in [-0.25, -0.2) is 0 Å². The number of ether oxygens (including phenoxy) is 1. The first kappa shape index (κ1) is 26.2. The second-order valence-corrected chi connectivity index (χ2v) is 9.62. The van der Waals surface area contributed by atoms with E-state index in [1.165, 1.54) is 0 Å². The minimum atomic E-state index is -0.381. The molecule has 186 valence electrons. The molecule has 1 N–H and O–H groups in total. The van der Waals surface area contributed by atoms with E-state index in [0.717, 1.165) is 22.4 Å². The van der Waals surface area contributed by atoms with E-state index < -0.39 is 0 Å². The highest BCUT2D eigenvalue weighted by Gasteiger charge is 2.28. The monoisotopic (exact) mass is 476 g/mol. The highest BCUT2D eigenvalue weighted by molar-refractivity contribution is 5.95. The van der Waals surface area contributed by atoms with E-state index in [1.807, 2.05) is 48.5 Å². The molecule has 1 aliphatic heterocycles. The number of hydrogen-bond acceptors (Lipinski definition) is 4. The van der Waals surface area contributed by atoms with Gasteiger partial charge in [0.15, 0.2) is 6.61 Å². The third kappa shape index (κ3) is 7.28. The zero-order chi connectivity index (χ0) is 25.4. The minimum absolute atomic E-state index is 0.0650. The van der Waals surface area contributed by atoms with Crippen molar-refractivity contribution in [3.05, 3.63) is 71.3 Å². The molecule has 1 fully saturated rings. The zero-order valence-electron chi connectivity index (χ0n) is 21.1. The van der Waals surface area contributed by atoms with Gasteiger partial charge in [-0.1, -0.05) is 76.2 Å². The average Bonchev–Trinajstić information content (AvgIpc) is 2.86. The molecule has 3 rings (SSSR count). The van der Waals surface area contributed by atoms with Crippen molar-refractivity contribution in [2.45, 2.75) is 52.4 Å². The molecule has 0 aliphatic carbocycles. The normalized spacial score (nSPS) is 14.5. The molecule has 35 heavy (non-hydrogen) atoms. The number of nitrogens with one attached hydrogen (secondary N) is 1. The number of amides is 2. The van der Waals surface area contributed by atoms with E-state index in [1.54, 1.807) is 17.1 Å². The Hall–Kier alpha value is -3.41. The van der Waals surface area contributed by atoms with E-state index in [9.17, 15) is 14.4 Å². The van der Waals surface area contributed by atoms with Crippen molar-refractivity contribution < 1.29 is 19.1 Å². The van der Waals surface area contributed by atoms with Crippen LogP contribution in [0.1, 0.15) is 69.1 Å². The lowest BCUT2D eigenvalue weighted by molar-refractivity contribution is -0.153. The van der Waals surface area contributed by atoms with Gasteiger partial charge in [0.25, 0.3) is 5.91 Å². The number of likely N-dealkylation sites (tertiary alicyclic amines) is 1. The molecule has 1 heterocycles. The van der Waals surface area contributed by atoms with Gasteiger partial charge in [-0.05, 0) is 47.4 Å². The van der Waals surface area contributed by atoms with Crippen molar-refractivity contribution in [2.24, 2.45) is 5.92 Å². The first-order valence-corrected chi connectivity index (χ1v) is 12.4. The summed E-state index contributed by atoms with van der Waals surface area (Å²) >= 11 is 0. The Labute approximate surface area is 208 Å². The second kappa shape index (κ2) is 12.3. The van der Waals surface area contributed by atoms with Gasteiger partial charge in [0, 0.05) is 24.9 Å². The Bertz CT molecular complexity index is 1030. The molecule has 0 aromatic heterocycles. The van der Waals surface area contributed by atoms with Gasteiger partial charge in [-0.2, -0.15) is 0 Å². The molecule has 6 heteroatoms. The Morgan fingerprint density at radius 2 is 1.54 bits per heavy atom. The molecule has 2 aromatic rings. The molecule has 0 saturated carbocycles. The van der Waals surface area contributed by atoms with Crippen LogP contribution in [0.3, 0.4) is 0 Å². The third-order valence-electron chi connectivity index (χ3n) is 6.34. The fourth-order valence-corrected chi connectivity index (χ4v) is 4.30. The van der Waals surface area contributed by atoms with Crippen molar-refractivity contribution in [2.75, 3.05) is 25.0 Å². The van der Waals surface area contributed by atoms with Gasteiger partial charge in [0.1, 0.15) is 0 Å². The lowest BCUT2D eigenvalue weighted by Gasteiger charge is -2.30. The Kier molecular flexibility index (Phi) is 9.24. The summed E-state index contributed by atoms with van der Waals surface area (Å²) in [5.74, 6) is -0.590. The molecule has 2 aromatic carbocycles. The minimum Gasteiger partial charge on any atom is -0.455 e. The van der Waals surface area contributed by atoms with Gasteiger partial charge >= 0.3 is 5.97 Å². The fraction of sp³-hybridized carbons (Fsp3) is 0.414. The van der Waals surface area contributed by atoms with Crippen LogP contribution in [0.5, 0.6) is 0 Å². The summed E-state index contributed by atoms with van der Waals surface area (Å²) in [6.45, 7) is 9.01. The Morgan fingerprint density at radius 1 is 0.943 bits per heavy atom. The van der Waals surface area contributed by atoms with Crippen LogP contribution in [0.15, 0.2) is 54.6 Å². The lowest BCUT2D eigenvalue weighted by atomic mass is 9.92. The Balaban J connectivity index is 1.48. The molecular weight excluding hydrogens is 440 g/mol. The largest absolute Gasteiger partial charge is 0.455 e. The van der Waals surface area contributed by atoms with Crippen LogP contribution in [0.2, 0.25) is 0 Å². The molecule has 0 spiro atoms. The smallest absolute Gasteiger partial charge is 0.309 e.